The number of halogens is 1. The molecule has 2 heterocycles. The number of carbonyl (C=O) groups excluding carboxylic acids is 1. The number of hydrogen-bond donors (Lipinski definition) is 0. The van der Waals surface area contributed by atoms with Crippen LogP contribution in [0.5, 0.6) is 0 Å². The van der Waals surface area contributed by atoms with Crippen LogP contribution in [0.2, 0.25) is 0 Å². The summed E-state index contributed by atoms with van der Waals surface area (Å²) in [6.07, 6.45) is 2.77. The Morgan fingerprint density at radius 2 is 1.78 bits per heavy atom. The van der Waals surface area contributed by atoms with Crippen molar-refractivity contribution in [2.75, 3.05) is 0 Å². The third kappa shape index (κ3) is 3.22. The van der Waals surface area contributed by atoms with E-state index in [2.05, 4.69) is 4.98 Å². The second-order valence-electron chi connectivity index (χ2n) is 7.66. The zero-order valence-corrected chi connectivity index (χ0v) is 16.7. The van der Waals surface area contributed by atoms with Gasteiger partial charge in [0, 0.05) is 11.6 Å². The molecule has 0 N–H and O–H groups in total. The Labute approximate surface area is 180 Å². The first-order valence-corrected chi connectivity index (χ1v) is 9.99. The molecule has 1 aliphatic carbocycles. The minimum absolute atomic E-state index is 0.108. The molecule has 0 saturated heterocycles. The van der Waals surface area contributed by atoms with Crippen LogP contribution in [-0.2, 0) is 6.54 Å². The molecule has 2 aromatic carbocycles. The first kappa shape index (κ1) is 19.6. The summed E-state index contributed by atoms with van der Waals surface area (Å²) in [4.78, 5) is 43.5. The topological polar surface area (TPSA) is 103 Å². The summed E-state index contributed by atoms with van der Waals surface area (Å²) in [5.74, 6) is -0.724. The van der Waals surface area contributed by atoms with Crippen molar-refractivity contribution in [2.45, 2.75) is 25.4 Å². The van der Waals surface area contributed by atoms with E-state index in [0.29, 0.717) is 29.7 Å². The lowest BCUT2D eigenvalue weighted by molar-refractivity contribution is 0.0973. The Morgan fingerprint density at radius 3 is 2.41 bits per heavy atom. The average molecular weight is 429 g/mol. The van der Waals surface area contributed by atoms with Crippen LogP contribution in [0.25, 0.3) is 16.9 Å². The lowest BCUT2D eigenvalue weighted by Gasteiger charge is -2.12. The summed E-state index contributed by atoms with van der Waals surface area (Å²) in [6.45, 7) is -0.163. The molecular weight excluding hydrogens is 413 g/mol. The van der Waals surface area contributed by atoms with Crippen LogP contribution in [0.1, 0.15) is 34.8 Å². The molecule has 0 radical (unpaired) electrons. The van der Waals surface area contributed by atoms with Crippen LogP contribution in [-0.4, -0.2) is 24.5 Å². The maximum Gasteiger partial charge on any atom is 0.337 e. The summed E-state index contributed by atoms with van der Waals surface area (Å²) >= 11 is 0. The number of fused-ring (bicyclic) bond motifs is 1. The Bertz CT molecular complexity index is 1520. The Morgan fingerprint density at radius 1 is 1.09 bits per heavy atom. The maximum atomic E-state index is 13.4. The number of aromatic nitrogens is 4. The molecule has 9 heteroatoms. The van der Waals surface area contributed by atoms with Crippen LogP contribution >= 0.6 is 0 Å². The van der Waals surface area contributed by atoms with Crippen LogP contribution in [0.15, 0.2) is 64.4 Å². The van der Waals surface area contributed by atoms with E-state index in [1.807, 2.05) is 6.07 Å². The molecular formula is C23H16FN5O3. The number of Topliss-reactive ketones (excluding diaryl/α,β-unsaturated/α-hetero) is 1. The Kier molecular flexibility index (Phi) is 4.56. The standard InChI is InChI=1S/C23H16FN5O3/c24-16-5-7-17(8-6-16)28-21-20(22(31)29(23(28)32)18-9-10-18)27(13-26-21)12-19(30)15-3-1-14(11-25)2-4-15/h1-8,13,18H,9-10,12H2. The fraction of sp³-hybridized carbons (Fsp3) is 0.174. The van der Waals surface area contributed by atoms with Crippen molar-refractivity contribution in [2.24, 2.45) is 0 Å². The van der Waals surface area contributed by atoms with E-state index >= 15 is 0 Å². The normalized spacial score (nSPS) is 13.2. The number of hydrogen-bond acceptors (Lipinski definition) is 5. The van der Waals surface area contributed by atoms with Crippen molar-refractivity contribution in [1.29, 1.82) is 5.26 Å². The van der Waals surface area contributed by atoms with E-state index < -0.39 is 17.1 Å². The van der Waals surface area contributed by atoms with Crippen LogP contribution in [0.4, 0.5) is 4.39 Å². The van der Waals surface area contributed by atoms with Gasteiger partial charge in [0.25, 0.3) is 5.56 Å². The molecule has 0 atom stereocenters. The van der Waals surface area contributed by atoms with Gasteiger partial charge in [0.2, 0.25) is 0 Å². The highest BCUT2D eigenvalue weighted by Gasteiger charge is 2.30. The van der Waals surface area contributed by atoms with Gasteiger partial charge < -0.3 is 4.57 Å². The number of nitriles is 1. The van der Waals surface area contributed by atoms with E-state index in [1.54, 1.807) is 24.3 Å². The number of carbonyl (C=O) groups is 1. The molecule has 0 spiro atoms. The lowest BCUT2D eigenvalue weighted by atomic mass is 10.1. The maximum absolute atomic E-state index is 13.4. The molecule has 2 aromatic heterocycles. The first-order valence-electron chi connectivity index (χ1n) is 9.99. The van der Waals surface area contributed by atoms with Gasteiger partial charge in [0.05, 0.1) is 30.2 Å². The van der Waals surface area contributed by atoms with E-state index in [4.69, 9.17) is 5.26 Å². The zero-order chi connectivity index (χ0) is 22.4. The first-order chi connectivity index (χ1) is 15.5. The molecule has 158 valence electrons. The van der Waals surface area contributed by atoms with Gasteiger partial charge >= 0.3 is 5.69 Å². The van der Waals surface area contributed by atoms with Crippen molar-refractivity contribution < 1.29 is 9.18 Å². The molecule has 32 heavy (non-hydrogen) atoms. The van der Waals surface area contributed by atoms with Gasteiger partial charge in [-0.2, -0.15) is 5.26 Å². The second kappa shape index (κ2) is 7.42. The van der Waals surface area contributed by atoms with Crippen LogP contribution in [0.3, 0.4) is 0 Å². The van der Waals surface area contributed by atoms with Gasteiger partial charge in [0.1, 0.15) is 5.82 Å². The number of nitrogens with zero attached hydrogens (tertiary/aromatic N) is 5. The highest BCUT2D eigenvalue weighted by atomic mass is 19.1. The van der Waals surface area contributed by atoms with E-state index in [-0.39, 0.29) is 29.5 Å². The van der Waals surface area contributed by atoms with Gasteiger partial charge in [-0.3, -0.25) is 14.2 Å². The second-order valence-corrected chi connectivity index (χ2v) is 7.66. The van der Waals surface area contributed by atoms with Crippen LogP contribution in [0, 0.1) is 17.1 Å². The van der Waals surface area contributed by atoms with Crippen molar-refractivity contribution in [3.05, 3.63) is 92.6 Å². The molecule has 1 aliphatic rings. The molecule has 0 unspecified atom stereocenters. The summed E-state index contributed by atoms with van der Waals surface area (Å²) in [5, 5.41) is 8.92. The van der Waals surface area contributed by atoms with E-state index in [1.165, 1.54) is 44.3 Å². The molecule has 4 aromatic rings. The van der Waals surface area contributed by atoms with Gasteiger partial charge in [-0.05, 0) is 49.2 Å². The fourth-order valence-electron chi connectivity index (χ4n) is 3.73. The smallest absolute Gasteiger partial charge is 0.317 e. The number of imidazole rings is 1. The highest BCUT2D eigenvalue weighted by molar-refractivity contribution is 5.96. The third-order valence-electron chi connectivity index (χ3n) is 5.50. The van der Waals surface area contributed by atoms with Gasteiger partial charge in [-0.1, -0.05) is 12.1 Å². The quantitative estimate of drug-likeness (QED) is 0.454. The minimum Gasteiger partial charge on any atom is -0.317 e. The zero-order valence-electron chi connectivity index (χ0n) is 16.7. The van der Waals surface area contributed by atoms with Crippen molar-refractivity contribution in [3.8, 4) is 11.8 Å². The molecule has 5 rings (SSSR count). The van der Waals surface area contributed by atoms with Gasteiger partial charge in [-0.15, -0.1) is 0 Å². The fourth-order valence-corrected chi connectivity index (χ4v) is 3.73. The molecule has 0 amide bonds. The number of ketones is 1. The number of benzene rings is 2. The molecule has 1 saturated carbocycles. The van der Waals surface area contributed by atoms with E-state index in [0.717, 1.165) is 0 Å². The van der Waals surface area contributed by atoms with Crippen molar-refractivity contribution >= 4 is 16.9 Å². The largest absolute Gasteiger partial charge is 0.337 e. The monoisotopic (exact) mass is 429 g/mol. The van der Waals surface area contributed by atoms with Gasteiger partial charge in [-0.25, -0.2) is 18.7 Å². The predicted molar refractivity (Wildman–Crippen MR) is 113 cm³/mol. The van der Waals surface area contributed by atoms with Crippen molar-refractivity contribution in [3.63, 3.8) is 0 Å². The molecule has 8 nitrogen and oxygen atoms in total. The Hall–Kier alpha value is -4.32. The average Bonchev–Trinajstić information content (AvgIpc) is 3.55. The Balaban J connectivity index is 1.66. The molecule has 0 bridgehead atoms. The third-order valence-corrected chi connectivity index (χ3v) is 5.50. The number of rotatable bonds is 5. The minimum atomic E-state index is -0.541. The van der Waals surface area contributed by atoms with Crippen molar-refractivity contribution in [1.82, 2.24) is 18.7 Å². The van der Waals surface area contributed by atoms with Gasteiger partial charge in [0.15, 0.2) is 16.9 Å². The lowest BCUT2D eigenvalue weighted by Crippen LogP contribution is -2.39. The summed E-state index contributed by atoms with van der Waals surface area (Å²) in [6, 6.07) is 13.3. The summed E-state index contributed by atoms with van der Waals surface area (Å²) in [7, 11) is 0. The SMILES string of the molecule is N#Cc1ccc(C(=O)Cn2cnc3c2c(=O)n(C2CC2)c(=O)n3-c2ccc(F)cc2)cc1. The summed E-state index contributed by atoms with van der Waals surface area (Å²) < 4.78 is 17.3. The predicted octanol–water partition coefficient (Wildman–Crippen LogP) is 2.58. The summed E-state index contributed by atoms with van der Waals surface area (Å²) in [5.41, 5.74) is 0.389. The van der Waals surface area contributed by atoms with Crippen LogP contribution < -0.4 is 11.2 Å². The molecule has 1 fully saturated rings. The highest BCUT2D eigenvalue weighted by Crippen LogP contribution is 2.32. The van der Waals surface area contributed by atoms with E-state index in [9.17, 15) is 18.8 Å². The molecule has 0 aliphatic heterocycles.